The van der Waals surface area contributed by atoms with Gasteiger partial charge in [0.2, 0.25) is 6.29 Å². The molecule has 0 amide bonds. The van der Waals surface area contributed by atoms with Crippen LogP contribution in [0.1, 0.15) is 86.5 Å². The maximum absolute atomic E-state index is 12.7. The first kappa shape index (κ1) is 20.2. The summed E-state index contributed by atoms with van der Waals surface area (Å²) in [7, 11) is 0. The SMILES string of the molecule is CCC(C)(C)C(=O)OC(OCC1C2CC3CC(C2)CC1C3)C(C)(C)CC. The molecule has 0 aromatic rings. The van der Waals surface area contributed by atoms with Gasteiger partial charge < -0.3 is 9.47 Å². The zero-order valence-corrected chi connectivity index (χ0v) is 17.8. The smallest absolute Gasteiger partial charge is 0.313 e. The molecule has 0 heterocycles. The third kappa shape index (κ3) is 3.98. The minimum Gasteiger partial charge on any atom is -0.435 e. The van der Waals surface area contributed by atoms with Crippen molar-refractivity contribution >= 4 is 5.97 Å². The van der Waals surface area contributed by atoms with E-state index in [1.165, 1.54) is 32.1 Å². The van der Waals surface area contributed by atoms with Crippen molar-refractivity contribution in [2.75, 3.05) is 6.61 Å². The van der Waals surface area contributed by atoms with Gasteiger partial charge in [-0.1, -0.05) is 27.7 Å². The number of esters is 1. The number of ether oxygens (including phenoxy) is 2. The van der Waals surface area contributed by atoms with Gasteiger partial charge in [-0.25, -0.2) is 0 Å². The van der Waals surface area contributed by atoms with Crippen LogP contribution in [0.3, 0.4) is 0 Å². The Balaban J connectivity index is 1.64. The lowest BCUT2D eigenvalue weighted by Crippen LogP contribution is -2.48. The summed E-state index contributed by atoms with van der Waals surface area (Å²) in [4.78, 5) is 12.7. The lowest BCUT2D eigenvalue weighted by atomic mass is 9.52. The second kappa shape index (κ2) is 7.45. The summed E-state index contributed by atoms with van der Waals surface area (Å²) >= 11 is 0. The van der Waals surface area contributed by atoms with Gasteiger partial charge in [0.05, 0.1) is 12.0 Å². The zero-order chi connectivity index (χ0) is 19.1. The van der Waals surface area contributed by atoms with Crippen LogP contribution in [0.15, 0.2) is 0 Å². The molecular formula is C23H40O3. The fraction of sp³-hybridized carbons (Fsp3) is 0.957. The van der Waals surface area contributed by atoms with Crippen LogP contribution in [0, 0.1) is 40.4 Å². The van der Waals surface area contributed by atoms with Crippen LogP contribution in [-0.2, 0) is 14.3 Å². The highest BCUT2D eigenvalue weighted by atomic mass is 16.7. The van der Waals surface area contributed by atoms with Crippen LogP contribution < -0.4 is 0 Å². The number of rotatable bonds is 8. The van der Waals surface area contributed by atoms with Crippen LogP contribution in [-0.4, -0.2) is 18.9 Å². The highest BCUT2D eigenvalue weighted by Crippen LogP contribution is 2.56. The Kier molecular flexibility index (Phi) is 5.78. The van der Waals surface area contributed by atoms with E-state index >= 15 is 0 Å². The topological polar surface area (TPSA) is 35.5 Å². The monoisotopic (exact) mass is 364 g/mol. The van der Waals surface area contributed by atoms with Gasteiger partial charge in [0.1, 0.15) is 0 Å². The van der Waals surface area contributed by atoms with Gasteiger partial charge in [0.25, 0.3) is 0 Å². The van der Waals surface area contributed by atoms with E-state index in [1.54, 1.807) is 0 Å². The van der Waals surface area contributed by atoms with E-state index in [9.17, 15) is 4.79 Å². The fourth-order valence-electron chi connectivity index (χ4n) is 5.50. The minimum atomic E-state index is -0.450. The van der Waals surface area contributed by atoms with Crippen molar-refractivity contribution in [2.24, 2.45) is 40.4 Å². The average molecular weight is 365 g/mol. The molecule has 3 nitrogen and oxygen atoms in total. The van der Waals surface area contributed by atoms with Crippen LogP contribution in [0.25, 0.3) is 0 Å². The van der Waals surface area contributed by atoms with E-state index in [0.717, 1.165) is 43.1 Å². The molecule has 150 valence electrons. The van der Waals surface area contributed by atoms with Gasteiger partial charge in [0, 0.05) is 5.41 Å². The predicted octanol–water partition coefficient (Wildman–Crippen LogP) is 5.82. The highest BCUT2D eigenvalue weighted by Gasteiger charge is 2.48. The van der Waals surface area contributed by atoms with Gasteiger partial charge in [-0.05, 0) is 88.4 Å². The molecule has 0 aromatic carbocycles. The van der Waals surface area contributed by atoms with E-state index in [-0.39, 0.29) is 11.4 Å². The molecule has 0 saturated heterocycles. The van der Waals surface area contributed by atoms with Crippen molar-refractivity contribution in [1.82, 2.24) is 0 Å². The maximum Gasteiger partial charge on any atom is 0.313 e. The summed E-state index contributed by atoms with van der Waals surface area (Å²) in [5.41, 5.74) is -0.612. The summed E-state index contributed by atoms with van der Waals surface area (Å²) < 4.78 is 12.3. The van der Waals surface area contributed by atoms with Crippen LogP contribution in [0.5, 0.6) is 0 Å². The quantitative estimate of drug-likeness (QED) is 0.402. The van der Waals surface area contributed by atoms with Gasteiger partial charge in [0.15, 0.2) is 0 Å². The van der Waals surface area contributed by atoms with E-state index in [0.29, 0.717) is 5.92 Å². The second-order valence-electron chi connectivity index (χ2n) is 10.7. The molecule has 4 rings (SSSR count). The maximum atomic E-state index is 12.7. The highest BCUT2D eigenvalue weighted by molar-refractivity contribution is 5.75. The average Bonchev–Trinajstić information content (AvgIpc) is 2.59. The molecule has 4 fully saturated rings. The molecule has 1 unspecified atom stereocenters. The van der Waals surface area contributed by atoms with E-state index in [4.69, 9.17) is 9.47 Å². The Labute approximate surface area is 160 Å². The first-order chi connectivity index (χ1) is 12.2. The number of hydrogen-bond donors (Lipinski definition) is 0. The fourth-order valence-corrected chi connectivity index (χ4v) is 5.50. The van der Waals surface area contributed by atoms with Gasteiger partial charge in [-0.2, -0.15) is 0 Å². The Morgan fingerprint density at radius 2 is 1.46 bits per heavy atom. The van der Waals surface area contributed by atoms with Crippen molar-refractivity contribution in [1.29, 1.82) is 0 Å². The van der Waals surface area contributed by atoms with E-state index < -0.39 is 11.7 Å². The molecule has 0 aromatic heterocycles. The summed E-state index contributed by atoms with van der Waals surface area (Å²) in [5.74, 6) is 4.21. The molecular weight excluding hydrogens is 324 g/mol. The van der Waals surface area contributed by atoms with E-state index in [2.05, 4.69) is 20.8 Å². The Bertz CT molecular complexity index is 480. The number of carbonyl (C=O) groups is 1. The first-order valence-electron chi connectivity index (χ1n) is 11.0. The Morgan fingerprint density at radius 3 is 1.92 bits per heavy atom. The minimum absolute atomic E-state index is 0.128. The standard InChI is InChI=1S/C23H40O3/c1-7-22(3,4)20(24)26-21(23(5,6)8-2)25-14-19-17-10-15-9-16(12-17)13-18(19)11-15/h15-19,21H,7-14H2,1-6H3. The molecule has 4 aliphatic rings. The van der Waals surface area contributed by atoms with Crippen molar-refractivity contribution in [3.05, 3.63) is 0 Å². The third-order valence-corrected chi connectivity index (χ3v) is 8.06. The molecule has 1 atom stereocenters. The lowest BCUT2D eigenvalue weighted by molar-refractivity contribution is -0.225. The Morgan fingerprint density at radius 1 is 0.923 bits per heavy atom. The predicted molar refractivity (Wildman–Crippen MR) is 105 cm³/mol. The van der Waals surface area contributed by atoms with Gasteiger partial charge in [-0.3, -0.25) is 4.79 Å². The molecule has 0 aliphatic heterocycles. The molecule has 26 heavy (non-hydrogen) atoms. The molecule has 4 bridgehead atoms. The summed E-state index contributed by atoms with van der Waals surface area (Å²) in [5, 5.41) is 0. The summed E-state index contributed by atoms with van der Waals surface area (Å²) in [6.07, 6.45) is 8.38. The van der Waals surface area contributed by atoms with E-state index in [1.807, 2.05) is 20.8 Å². The largest absolute Gasteiger partial charge is 0.435 e. The second-order valence-corrected chi connectivity index (χ2v) is 10.7. The van der Waals surface area contributed by atoms with Crippen molar-refractivity contribution in [3.8, 4) is 0 Å². The zero-order valence-electron chi connectivity index (χ0n) is 17.8. The molecule has 4 aliphatic carbocycles. The molecule has 4 saturated carbocycles. The lowest BCUT2D eigenvalue weighted by Gasteiger charge is -2.54. The van der Waals surface area contributed by atoms with Crippen LogP contribution >= 0.6 is 0 Å². The first-order valence-corrected chi connectivity index (χ1v) is 11.0. The Hall–Kier alpha value is -0.570. The van der Waals surface area contributed by atoms with Crippen molar-refractivity contribution in [3.63, 3.8) is 0 Å². The van der Waals surface area contributed by atoms with Gasteiger partial charge >= 0.3 is 5.97 Å². The van der Waals surface area contributed by atoms with Gasteiger partial charge in [-0.15, -0.1) is 0 Å². The number of carbonyl (C=O) groups excluding carboxylic acids is 1. The third-order valence-electron chi connectivity index (χ3n) is 8.06. The van der Waals surface area contributed by atoms with Crippen LogP contribution in [0.2, 0.25) is 0 Å². The van der Waals surface area contributed by atoms with Crippen molar-refractivity contribution in [2.45, 2.75) is 92.8 Å². The molecule has 3 heteroatoms. The van der Waals surface area contributed by atoms with Crippen molar-refractivity contribution < 1.29 is 14.3 Å². The molecule has 0 spiro atoms. The summed E-state index contributed by atoms with van der Waals surface area (Å²) in [6.45, 7) is 13.2. The number of hydrogen-bond acceptors (Lipinski definition) is 3. The summed E-state index contributed by atoms with van der Waals surface area (Å²) in [6, 6.07) is 0. The van der Waals surface area contributed by atoms with Crippen LogP contribution in [0.4, 0.5) is 0 Å². The normalized spacial score (nSPS) is 34.8. The molecule has 0 radical (unpaired) electrons. The molecule has 0 N–H and O–H groups in total.